The Morgan fingerprint density at radius 2 is 2.00 bits per heavy atom. The lowest BCUT2D eigenvalue weighted by Crippen LogP contribution is -2.31. The summed E-state index contributed by atoms with van der Waals surface area (Å²) in [6, 6.07) is 2.97. The summed E-state index contributed by atoms with van der Waals surface area (Å²) in [6.07, 6.45) is 5.70. The number of nitrogens with one attached hydrogen (secondary N) is 1. The largest absolute Gasteiger partial charge is 0.352 e. The maximum absolute atomic E-state index is 3.71. The number of rotatable bonds is 4. The minimum Gasteiger partial charge on any atom is -0.352 e. The summed E-state index contributed by atoms with van der Waals surface area (Å²) in [5.74, 6) is 0.903. The normalized spacial score (nSPS) is 18.8. The van der Waals surface area contributed by atoms with Gasteiger partial charge < -0.3 is 9.88 Å². The van der Waals surface area contributed by atoms with Crippen LogP contribution < -0.4 is 5.32 Å². The van der Waals surface area contributed by atoms with Gasteiger partial charge in [-0.15, -0.1) is 0 Å². The molecule has 96 valence electrons. The highest BCUT2D eigenvalue weighted by Crippen LogP contribution is 2.27. The SMILES string of the molecule is Cc1cc(CN[C@H](C)C2CCCC2)c(C)n1C. The second kappa shape index (κ2) is 5.26. The summed E-state index contributed by atoms with van der Waals surface area (Å²) in [6.45, 7) is 7.76. The molecule has 0 saturated heterocycles. The van der Waals surface area contributed by atoms with Crippen molar-refractivity contribution in [1.29, 1.82) is 0 Å². The van der Waals surface area contributed by atoms with Gasteiger partial charge in [0.15, 0.2) is 0 Å². The predicted molar refractivity (Wildman–Crippen MR) is 73.1 cm³/mol. The fourth-order valence-corrected chi connectivity index (χ4v) is 3.01. The second-order valence-corrected chi connectivity index (χ2v) is 5.67. The maximum atomic E-state index is 3.71. The van der Waals surface area contributed by atoms with Gasteiger partial charge in [0.25, 0.3) is 0 Å². The molecule has 0 spiro atoms. The van der Waals surface area contributed by atoms with Gasteiger partial charge in [0.1, 0.15) is 0 Å². The highest BCUT2D eigenvalue weighted by Gasteiger charge is 2.21. The van der Waals surface area contributed by atoms with Gasteiger partial charge in [0, 0.05) is 31.0 Å². The molecule has 17 heavy (non-hydrogen) atoms. The summed E-state index contributed by atoms with van der Waals surface area (Å²) >= 11 is 0. The van der Waals surface area contributed by atoms with Crippen molar-refractivity contribution in [2.45, 2.75) is 59.0 Å². The predicted octanol–water partition coefficient (Wildman–Crippen LogP) is 3.31. The number of aromatic nitrogens is 1. The Kier molecular flexibility index (Phi) is 3.93. The molecule has 0 aromatic carbocycles. The number of aryl methyl sites for hydroxylation is 1. The number of hydrogen-bond acceptors (Lipinski definition) is 1. The molecule has 0 unspecified atom stereocenters. The summed E-state index contributed by atoms with van der Waals surface area (Å²) in [4.78, 5) is 0. The molecular formula is C15H26N2. The molecule has 2 rings (SSSR count). The molecule has 0 bridgehead atoms. The Labute approximate surface area is 105 Å². The van der Waals surface area contributed by atoms with Crippen LogP contribution in [0.1, 0.15) is 49.6 Å². The summed E-state index contributed by atoms with van der Waals surface area (Å²) in [5.41, 5.74) is 4.20. The third kappa shape index (κ3) is 2.74. The molecule has 1 aliphatic carbocycles. The molecule has 0 amide bonds. The van der Waals surface area contributed by atoms with E-state index in [4.69, 9.17) is 0 Å². The Bertz CT molecular complexity index is 373. The Morgan fingerprint density at radius 1 is 1.35 bits per heavy atom. The third-order valence-corrected chi connectivity index (χ3v) is 4.60. The van der Waals surface area contributed by atoms with Crippen molar-refractivity contribution in [2.24, 2.45) is 13.0 Å². The van der Waals surface area contributed by atoms with E-state index in [9.17, 15) is 0 Å². The zero-order valence-electron chi connectivity index (χ0n) is 11.7. The fraction of sp³-hybridized carbons (Fsp3) is 0.733. The van der Waals surface area contributed by atoms with E-state index < -0.39 is 0 Å². The van der Waals surface area contributed by atoms with Crippen molar-refractivity contribution in [3.05, 3.63) is 23.0 Å². The summed E-state index contributed by atoms with van der Waals surface area (Å²) < 4.78 is 2.28. The van der Waals surface area contributed by atoms with Crippen molar-refractivity contribution >= 4 is 0 Å². The fourth-order valence-electron chi connectivity index (χ4n) is 3.01. The van der Waals surface area contributed by atoms with Crippen molar-refractivity contribution in [3.63, 3.8) is 0 Å². The monoisotopic (exact) mass is 234 g/mol. The van der Waals surface area contributed by atoms with Crippen LogP contribution in [0.4, 0.5) is 0 Å². The van der Waals surface area contributed by atoms with Gasteiger partial charge in [-0.2, -0.15) is 0 Å². The van der Waals surface area contributed by atoms with E-state index in [1.807, 2.05) is 0 Å². The lowest BCUT2D eigenvalue weighted by atomic mass is 9.99. The molecule has 0 aliphatic heterocycles. The van der Waals surface area contributed by atoms with Crippen molar-refractivity contribution < 1.29 is 0 Å². The Hall–Kier alpha value is -0.760. The third-order valence-electron chi connectivity index (χ3n) is 4.60. The molecule has 1 fully saturated rings. The molecular weight excluding hydrogens is 208 g/mol. The molecule has 1 atom stereocenters. The van der Waals surface area contributed by atoms with E-state index in [1.165, 1.54) is 42.6 Å². The Balaban J connectivity index is 1.90. The van der Waals surface area contributed by atoms with Crippen LogP contribution in [-0.2, 0) is 13.6 Å². The van der Waals surface area contributed by atoms with Gasteiger partial charge in [-0.05, 0) is 51.2 Å². The van der Waals surface area contributed by atoms with Crippen LogP contribution >= 0.6 is 0 Å². The van der Waals surface area contributed by atoms with Crippen LogP contribution in [0.5, 0.6) is 0 Å². The van der Waals surface area contributed by atoms with Gasteiger partial charge in [0.05, 0.1) is 0 Å². The van der Waals surface area contributed by atoms with Crippen LogP contribution in [-0.4, -0.2) is 10.6 Å². The Morgan fingerprint density at radius 3 is 2.53 bits per heavy atom. The zero-order chi connectivity index (χ0) is 12.4. The van der Waals surface area contributed by atoms with Crippen molar-refractivity contribution in [2.75, 3.05) is 0 Å². The molecule has 1 aliphatic rings. The second-order valence-electron chi connectivity index (χ2n) is 5.67. The molecule has 2 heteroatoms. The van der Waals surface area contributed by atoms with E-state index in [2.05, 4.69) is 43.8 Å². The van der Waals surface area contributed by atoms with Crippen molar-refractivity contribution in [3.8, 4) is 0 Å². The average Bonchev–Trinajstić information content (AvgIpc) is 2.91. The van der Waals surface area contributed by atoms with Gasteiger partial charge in [-0.25, -0.2) is 0 Å². The molecule has 1 saturated carbocycles. The van der Waals surface area contributed by atoms with Crippen molar-refractivity contribution in [1.82, 2.24) is 9.88 Å². The maximum Gasteiger partial charge on any atom is 0.0225 e. The minimum atomic E-state index is 0.664. The molecule has 1 heterocycles. The molecule has 1 aromatic heterocycles. The first-order chi connectivity index (χ1) is 8.09. The van der Waals surface area contributed by atoms with Gasteiger partial charge >= 0.3 is 0 Å². The first kappa shape index (κ1) is 12.7. The van der Waals surface area contributed by atoms with Crippen LogP contribution in [0, 0.1) is 19.8 Å². The van der Waals surface area contributed by atoms with E-state index in [1.54, 1.807) is 0 Å². The standard InChI is InChI=1S/C15H26N2/c1-11-9-15(13(3)17(11)4)10-16-12(2)14-7-5-6-8-14/h9,12,14,16H,5-8,10H2,1-4H3/t12-/m1/s1. The first-order valence-electron chi connectivity index (χ1n) is 6.94. The molecule has 0 radical (unpaired) electrons. The topological polar surface area (TPSA) is 17.0 Å². The van der Waals surface area contributed by atoms with E-state index in [0.717, 1.165) is 12.5 Å². The summed E-state index contributed by atoms with van der Waals surface area (Å²) in [7, 11) is 2.15. The van der Waals surface area contributed by atoms with Gasteiger partial charge in [-0.1, -0.05) is 12.8 Å². The highest BCUT2D eigenvalue weighted by atomic mass is 15.0. The number of nitrogens with zero attached hydrogens (tertiary/aromatic N) is 1. The average molecular weight is 234 g/mol. The van der Waals surface area contributed by atoms with Gasteiger partial charge in [0.2, 0.25) is 0 Å². The van der Waals surface area contributed by atoms with Crippen LogP contribution in [0.25, 0.3) is 0 Å². The van der Waals surface area contributed by atoms with Crippen LogP contribution in [0.3, 0.4) is 0 Å². The quantitative estimate of drug-likeness (QED) is 0.845. The van der Waals surface area contributed by atoms with E-state index >= 15 is 0 Å². The van der Waals surface area contributed by atoms with Crippen LogP contribution in [0.15, 0.2) is 6.07 Å². The van der Waals surface area contributed by atoms with Crippen LogP contribution in [0.2, 0.25) is 0 Å². The molecule has 1 N–H and O–H groups in total. The van der Waals surface area contributed by atoms with E-state index in [-0.39, 0.29) is 0 Å². The smallest absolute Gasteiger partial charge is 0.0225 e. The minimum absolute atomic E-state index is 0.664. The summed E-state index contributed by atoms with van der Waals surface area (Å²) in [5, 5.41) is 3.71. The lowest BCUT2D eigenvalue weighted by Gasteiger charge is -2.20. The van der Waals surface area contributed by atoms with Gasteiger partial charge in [-0.3, -0.25) is 0 Å². The first-order valence-corrected chi connectivity index (χ1v) is 6.94. The highest BCUT2D eigenvalue weighted by molar-refractivity contribution is 5.26. The van der Waals surface area contributed by atoms with E-state index in [0.29, 0.717) is 6.04 Å². The molecule has 1 aromatic rings. The zero-order valence-corrected chi connectivity index (χ0v) is 11.7. The number of hydrogen-bond donors (Lipinski definition) is 1. The lowest BCUT2D eigenvalue weighted by molar-refractivity contribution is 0.380. The molecule has 2 nitrogen and oxygen atoms in total.